The molecule has 0 radical (unpaired) electrons. The maximum Gasteiger partial charge on any atom is 0.143 e. The topological polar surface area (TPSA) is 61.6 Å². The van der Waals surface area contributed by atoms with Gasteiger partial charge in [0.25, 0.3) is 0 Å². The first kappa shape index (κ1) is 11.1. The van der Waals surface area contributed by atoms with Gasteiger partial charge in [-0.15, -0.1) is 0 Å². The van der Waals surface area contributed by atoms with Crippen LogP contribution in [0.25, 0.3) is 0 Å². The highest BCUT2D eigenvalue weighted by molar-refractivity contribution is 5.51. The van der Waals surface area contributed by atoms with E-state index in [-0.39, 0.29) is 0 Å². The van der Waals surface area contributed by atoms with Crippen molar-refractivity contribution in [1.82, 2.24) is 9.97 Å². The molecule has 0 aromatic carbocycles. The molecule has 84 valence electrons. The summed E-state index contributed by atoms with van der Waals surface area (Å²) in [7, 11) is 0. The van der Waals surface area contributed by atoms with E-state index in [2.05, 4.69) is 21.4 Å². The van der Waals surface area contributed by atoms with E-state index in [1.54, 1.807) is 30.7 Å². The third-order valence-corrected chi connectivity index (χ3v) is 2.38. The molecule has 0 aliphatic rings. The Morgan fingerprint density at radius 2 is 2.00 bits per heavy atom. The first-order valence-electron chi connectivity index (χ1n) is 5.38. The molecule has 0 amide bonds. The molecule has 0 atom stereocenters. The van der Waals surface area contributed by atoms with Gasteiger partial charge in [0.05, 0.1) is 5.56 Å². The van der Waals surface area contributed by atoms with E-state index in [0.717, 1.165) is 13.0 Å². The van der Waals surface area contributed by atoms with Crippen molar-refractivity contribution < 1.29 is 0 Å². The molecule has 0 fully saturated rings. The molecule has 0 aliphatic carbocycles. The summed E-state index contributed by atoms with van der Waals surface area (Å²) in [5, 5.41) is 12.1. The Morgan fingerprint density at radius 1 is 1.18 bits per heavy atom. The van der Waals surface area contributed by atoms with E-state index in [9.17, 15) is 0 Å². The number of pyridine rings is 2. The number of hydrogen-bond donors (Lipinski definition) is 1. The third-order valence-electron chi connectivity index (χ3n) is 2.38. The van der Waals surface area contributed by atoms with Gasteiger partial charge in [-0.25, -0.2) is 4.98 Å². The fraction of sp³-hybridized carbons (Fsp3) is 0.154. The zero-order valence-corrected chi connectivity index (χ0v) is 9.30. The molecule has 2 heterocycles. The Bertz CT molecular complexity index is 516. The monoisotopic (exact) mass is 224 g/mol. The predicted octanol–water partition coefficient (Wildman–Crippen LogP) is 2.00. The Hall–Kier alpha value is -2.41. The maximum absolute atomic E-state index is 8.90. The van der Waals surface area contributed by atoms with Crippen LogP contribution >= 0.6 is 0 Å². The van der Waals surface area contributed by atoms with E-state index >= 15 is 0 Å². The highest BCUT2D eigenvalue weighted by Crippen LogP contribution is 2.09. The standard InChI is InChI=1S/C13H12N4/c14-10-12-2-1-6-16-13(12)17-9-5-11-3-7-15-8-4-11/h1-4,6-8H,5,9H2,(H,16,17). The Morgan fingerprint density at radius 3 is 2.76 bits per heavy atom. The molecule has 17 heavy (non-hydrogen) atoms. The predicted molar refractivity (Wildman–Crippen MR) is 65.4 cm³/mol. The lowest BCUT2D eigenvalue weighted by Crippen LogP contribution is -2.07. The van der Waals surface area contributed by atoms with Gasteiger partial charge in [0, 0.05) is 25.1 Å². The normalized spacial score (nSPS) is 9.59. The molecular weight excluding hydrogens is 212 g/mol. The van der Waals surface area contributed by atoms with E-state index < -0.39 is 0 Å². The van der Waals surface area contributed by atoms with Gasteiger partial charge in [-0.3, -0.25) is 4.98 Å². The first-order valence-corrected chi connectivity index (χ1v) is 5.38. The summed E-state index contributed by atoms with van der Waals surface area (Å²) in [6.07, 6.45) is 6.10. The minimum atomic E-state index is 0.572. The first-order chi connectivity index (χ1) is 8.40. The smallest absolute Gasteiger partial charge is 0.143 e. The lowest BCUT2D eigenvalue weighted by molar-refractivity contribution is 0.998. The molecule has 4 heteroatoms. The second-order valence-corrected chi connectivity index (χ2v) is 3.54. The van der Waals surface area contributed by atoms with Crippen LogP contribution in [0.5, 0.6) is 0 Å². The average Bonchev–Trinajstić information content (AvgIpc) is 2.40. The molecule has 0 saturated carbocycles. The van der Waals surface area contributed by atoms with E-state index in [4.69, 9.17) is 5.26 Å². The van der Waals surface area contributed by atoms with Crippen molar-refractivity contribution >= 4 is 5.82 Å². The molecule has 0 spiro atoms. The van der Waals surface area contributed by atoms with Crippen molar-refractivity contribution in [2.45, 2.75) is 6.42 Å². The van der Waals surface area contributed by atoms with Gasteiger partial charge in [-0.2, -0.15) is 5.26 Å². The van der Waals surface area contributed by atoms with Gasteiger partial charge in [0.1, 0.15) is 11.9 Å². The van der Waals surface area contributed by atoms with Crippen LogP contribution in [0.4, 0.5) is 5.82 Å². The molecule has 1 N–H and O–H groups in total. The molecule has 2 aromatic heterocycles. The fourth-order valence-electron chi connectivity index (χ4n) is 1.51. The Kier molecular flexibility index (Phi) is 3.66. The summed E-state index contributed by atoms with van der Waals surface area (Å²) < 4.78 is 0. The summed E-state index contributed by atoms with van der Waals surface area (Å²) in [6.45, 7) is 0.746. The summed E-state index contributed by atoms with van der Waals surface area (Å²) in [5.74, 6) is 0.643. The van der Waals surface area contributed by atoms with Crippen molar-refractivity contribution in [2.24, 2.45) is 0 Å². The molecule has 2 rings (SSSR count). The largest absolute Gasteiger partial charge is 0.369 e. The van der Waals surface area contributed by atoms with Gasteiger partial charge in [-0.05, 0) is 36.2 Å². The lowest BCUT2D eigenvalue weighted by Gasteiger charge is -2.06. The molecular formula is C13H12N4. The van der Waals surface area contributed by atoms with Gasteiger partial charge >= 0.3 is 0 Å². The van der Waals surface area contributed by atoms with Gasteiger partial charge in [0.15, 0.2) is 0 Å². The summed E-state index contributed by atoms with van der Waals surface area (Å²) >= 11 is 0. The highest BCUT2D eigenvalue weighted by atomic mass is 15.0. The zero-order valence-electron chi connectivity index (χ0n) is 9.30. The van der Waals surface area contributed by atoms with Crippen molar-refractivity contribution in [3.05, 3.63) is 54.0 Å². The number of nitriles is 1. The van der Waals surface area contributed by atoms with Crippen molar-refractivity contribution in [3.63, 3.8) is 0 Å². The Labute approximate surface area is 100.0 Å². The van der Waals surface area contributed by atoms with Crippen LogP contribution in [0, 0.1) is 11.3 Å². The molecule has 2 aromatic rings. The number of rotatable bonds is 4. The van der Waals surface area contributed by atoms with Crippen LogP contribution < -0.4 is 5.32 Å². The number of anilines is 1. The average molecular weight is 224 g/mol. The fourth-order valence-corrected chi connectivity index (χ4v) is 1.51. The summed E-state index contributed by atoms with van der Waals surface area (Å²) in [5.41, 5.74) is 1.78. The van der Waals surface area contributed by atoms with E-state index in [1.807, 2.05) is 12.1 Å². The van der Waals surface area contributed by atoms with Crippen LogP contribution in [0.1, 0.15) is 11.1 Å². The summed E-state index contributed by atoms with van der Waals surface area (Å²) in [6, 6.07) is 9.57. The van der Waals surface area contributed by atoms with Crippen LogP contribution in [-0.4, -0.2) is 16.5 Å². The van der Waals surface area contributed by atoms with Crippen LogP contribution in [0.2, 0.25) is 0 Å². The lowest BCUT2D eigenvalue weighted by atomic mass is 10.2. The highest BCUT2D eigenvalue weighted by Gasteiger charge is 2.00. The Balaban J connectivity index is 1.93. The molecule has 0 saturated heterocycles. The number of aromatic nitrogens is 2. The minimum Gasteiger partial charge on any atom is -0.369 e. The van der Waals surface area contributed by atoms with Crippen LogP contribution in [0.3, 0.4) is 0 Å². The zero-order chi connectivity index (χ0) is 11.9. The van der Waals surface area contributed by atoms with Crippen molar-refractivity contribution in [3.8, 4) is 6.07 Å². The number of nitrogens with zero attached hydrogens (tertiary/aromatic N) is 3. The summed E-state index contributed by atoms with van der Waals surface area (Å²) in [4.78, 5) is 8.10. The van der Waals surface area contributed by atoms with E-state index in [1.165, 1.54) is 5.56 Å². The third kappa shape index (κ3) is 3.02. The number of nitrogens with one attached hydrogen (secondary N) is 1. The molecule has 4 nitrogen and oxygen atoms in total. The van der Waals surface area contributed by atoms with Gasteiger partial charge in [0.2, 0.25) is 0 Å². The second-order valence-electron chi connectivity index (χ2n) is 3.54. The van der Waals surface area contributed by atoms with E-state index in [0.29, 0.717) is 11.4 Å². The molecule has 0 unspecified atom stereocenters. The molecule has 0 aliphatic heterocycles. The van der Waals surface area contributed by atoms with Crippen LogP contribution in [-0.2, 0) is 6.42 Å². The maximum atomic E-state index is 8.90. The quantitative estimate of drug-likeness (QED) is 0.862. The second kappa shape index (κ2) is 5.61. The van der Waals surface area contributed by atoms with Crippen molar-refractivity contribution in [1.29, 1.82) is 5.26 Å². The minimum absolute atomic E-state index is 0.572. The van der Waals surface area contributed by atoms with Gasteiger partial charge < -0.3 is 5.32 Å². The van der Waals surface area contributed by atoms with Crippen LogP contribution in [0.15, 0.2) is 42.9 Å². The van der Waals surface area contributed by atoms with Crippen molar-refractivity contribution in [2.75, 3.05) is 11.9 Å². The number of hydrogen-bond acceptors (Lipinski definition) is 4. The SMILES string of the molecule is N#Cc1cccnc1NCCc1ccncc1. The molecule has 0 bridgehead atoms. The van der Waals surface area contributed by atoms with Gasteiger partial charge in [-0.1, -0.05) is 0 Å².